The molecule has 1 rings (SSSR count). The Morgan fingerprint density at radius 1 is 1.35 bits per heavy atom. The molecule has 2 nitrogen and oxygen atoms in total. The number of hydrogen-bond acceptors (Lipinski definition) is 2. The molecule has 1 N–H and O–H groups in total. The van der Waals surface area contributed by atoms with E-state index in [1.807, 2.05) is 32.2 Å². The van der Waals surface area contributed by atoms with E-state index in [1.165, 1.54) is 0 Å². The molecule has 0 spiro atoms. The first kappa shape index (κ1) is 14.5. The molecule has 3 heteroatoms. The summed E-state index contributed by atoms with van der Waals surface area (Å²) in [6.45, 7) is 6.98. The van der Waals surface area contributed by atoms with Crippen molar-refractivity contribution in [2.75, 3.05) is 13.7 Å². The summed E-state index contributed by atoms with van der Waals surface area (Å²) >= 11 is 6.27. The zero-order valence-electron chi connectivity index (χ0n) is 11.1. The average molecular weight is 256 g/mol. The summed E-state index contributed by atoms with van der Waals surface area (Å²) in [6, 6.07) is 8.02. The van der Waals surface area contributed by atoms with E-state index in [1.54, 1.807) is 0 Å². The van der Waals surface area contributed by atoms with Crippen molar-refractivity contribution in [3.63, 3.8) is 0 Å². The minimum absolute atomic E-state index is 0.0983. The summed E-state index contributed by atoms with van der Waals surface area (Å²) in [4.78, 5) is 0. The molecule has 0 aliphatic rings. The van der Waals surface area contributed by atoms with Gasteiger partial charge in [0, 0.05) is 11.6 Å². The third-order valence-electron chi connectivity index (χ3n) is 3.29. The predicted molar refractivity (Wildman–Crippen MR) is 73.6 cm³/mol. The van der Waals surface area contributed by atoms with Crippen LogP contribution in [0.3, 0.4) is 0 Å². The van der Waals surface area contributed by atoms with Crippen LogP contribution in [-0.2, 0) is 4.74 Å². The lowest BCUT2D eigenvalue weighted by molar-refractivity contribution is -0.0546. The molecular weight excluding hydrogens is 234 g/mol. The number of ether oxygens (including phenoxy) is 1. The van der Waals surface area contributed by atoms with Crippen molar-refractivity contribution < 1.29 is 4.74 Å². The molecule has 1 aromatic carbocycles. The molecule has 0 aromatic heterocycles. The smallest absolute Gasteiger partial charge is 0.0846 e. The lowest BCUT2D eigenvalue weighted by atomic mass is 9.87. The average Bonchev–Trinajstić information content (AvgIpc) is 2.33. The number of nitrogens with one attached hydrogen (secondary N) is 1. The predicted octanol–water partition coefficient (Wildman–Crippen LogP) is 3.81. The van der Waals surface area contributed by atoms with Gasteiger partial charge in [-0.25, -0.2) is 0 Å². The second-order valence-corrected chi connectivity index (χ2v) is 4.75. The van der Waals surface area contributed by atoms with Gasteiger partial charge in [0.1, 0.15) is 0 Å². The first-order valence-corrected chi connectivity index (χ1v) is 6.52. The normalized spacial score (nSPS) is 16.5. The van der Waals surface area contributed by atoms with Crippen LogP contribution in [0, 0.1) is 0 Å². The Kier molecular flexibility index (Phi) is 5.44. The Morgan fingerprint density at radius 2 is 2.00 bits per heavy atom. The van der Waals surface area contributed by atoms with Crippen molar-refractivity contribution in [2.24, 2.45) is 0 Å². The minimum atomic E-state index is -0.242. The van der Waals surface area contributed by atoms with Gasteiger partial charge in [0.05, 0.1) is 11.6 Å². The molecule has 0 aliphatic heterocycles. The van der Waals surface area contributed by atoms with Crippen LogP contribution in [0.2, 0.25) is 5.02 Å². The minimum Gasteiger partial charge on any atom is -0.374 e. The van der Waals surface area contributed by atoms with Gasteiger partial charge in [0.15, 0.2) is 0 Å². The number of hydrogen-bond donors (Lipinski definition) is 1. The summed E-state index contributed by atoms with van der Waals surface area (Å²) < 4.78 is 5.92. The van der Waals surface area contributed by atoms with E-state index in [2.05, 4.69) is 25.2 Å². The highest BCUT2D eigenvalue weighted by Gasteiger charge is 2.34. The Morgan fingerprint density at radius 3 is 2.47 bits per heavy atom. The fraction of sp³-hybridized carbons (Fsp3) is 0.571. The number of rotatable bonds is 6. The quantitative estimate of drug-likeness (QED) is 0.835. The third kappa shape index (κ3) is 3.21. The van der Waals surface area contributed by atoms with Gasteiger partial charge in [-0.2, -0.15) is 0 Å². The van der Waals surface area contributed by atoms with E-state index in [0.717, 1.165) is 17.0 Å². The van der Waals surface area contributed by atoms with Crippen LogP contribution in [0.4, 0.5) is 0 Å². The molecule has 0 saturated carbocycles. The molecule has 0 aliphatic carbocycles. The Hall–Kier alpha value is -0.570. The van der Waals surface area contributed by atoms with Crippen molar-refractivity contribution >= 4 is 11.6 Å². The number of likely N-dealkylation sites (N-methyl/N-ethyl adjacent to an activating group) is 1. The van der Waals surface area contributed by atoms with Crippen LogP contribution >= 0.6 is 11.6 Å². The maximum Gasteiger partial charge on any atom is 0.0846 e. The third-order valence-corrected chi connectivity index (χ3v) is 3.64. The summed E-state index contributed by atoms with van der Waals surface area (Å²) in [5, 5.41) is 4.11. The second kappa shape index (κ2) is 6.39. The SMILES string of the molecule is CCOC(C)(CC)C(NC)c1ccccc1Cl. The van der Waals surface area contributed by atoms with Crippen LogP contribution in [0.15, 0.2) is 24.3 Å². The molecule has 0 heterocycles. The zero-order valence-corrected chi connectivity index (χ0v) is 11.8. The second-order valence-electron chi connectivity index (χ2n) is 4.34. The van der Waals surface area contributed by atoms with E-state index in [-0.39, 0.29) is 11.6 Å². The van der Waals surface area contributed by atoms with E-state index < -0.39 is 0 Å². The van der Waals surface area contributed by atoms with Crippen molar-refractivity contribution in [3.05, 3.63) is 34.9 Å². The van der Waals surface area contributed by atoms with E-state index in [0.29, 0.717) is 6.61 Å². The molecule has 0 fully saturated rings. The number of halogens is 1. The number of benzene rings is 1. The highest BCUT2D eigenvalue weighted by atomic mass is 35.5. The molecule has 96 valence electrons. The standard InChI is InChI=1S/C14H22ClNO/c1-5-14(3,17-6-2)13(16-4)11-9-7-8-10-12(11)15/h7-10,13,16H,5-6H2,1-4H3. The molecule has 1 aromatic rings. The zero-order chi connectivity index (χ0) is 12.9. The summed E-state index contributed by atoms with van der Waals surface area (Å²) in [6.07, 6.45) is 0.928. The maximum absolute atomic E-state index is 6.27. The van der Waals surface area contributed by atoms with Crippen LogP contribution in [0.5, 0.6) is 0 Å². The highest BCUT2D eigenvalue weighted by Crippen LogP contribution is 2.35. The first-order chi connectivity index (χ1) is 8.09. The topological polar surface area (TPSA) is 21.3 Å². The molecule has 0 saturated heterocycles. The largest absolute Gasteiger partial charge is 0.374 e. The van der Waals surface area contributed by atoms with Crippen molar-refractivity contribution in [3.8, 4) is 0 Å². The molecule has 0 radical (unpaired) electrons. The van der Waals surface area contributed by atoms with Crippen molar-refractivity contribution in [1.29, 1.82) is 0 Å². The van der Waals surface area contributed by atoms with Crippen LogP contribution < -0.4 is 5.32 Å². The molecule has 0 amide bonds. The van der Waals surface area contributed by atoms with Crippen LogP contribution in [0.25, 0.3) is 0 Å². The van der Waals surface area contributed by atoms with Gasteiger partial charge in [-0.1, -0.05) is 36.7 Å². The maximum atomic E-state index is 6.27. The van der Waals surface area contributed by atoms with Gasteiger partial charge >= 0.3 is 0 Å². The van der Waals surface area contributed by atoms with E-state index in [4.69, 9.17) is 16.3 Å². The fourth-order valence-electron chi connectivity index (χ4n) is 2.22. The van der Waals surface area contributed by atoms with E-state index in [9.17, 15) is 0 Å². The molecule has 17 heavy (non-hydrogen) atoms. The summed E-state index contributed by atoms with van der Waals surface area (Å²) in [5.41, 5.74) is 0.851. The lowest BCUT2D eigenvalue weighted by Gasteiger charge is -2.37. The Bertz CT molecular complexity index is 356. The monoisotopic (exact) mass is 255 g/mol. The molecular formula is C14H22ClNO. The van der Waals surface area contributed by atoms with Gasteiger partial charge in [-0.3, -0.25) is 0 Å². The lowest BCUT2D eigenvalue weighted by Crippen LogP contribution is -2.42. The van der Waals surface area contributed by atoms with Gasteiger partial charge in [0.25, 0.3) is 0 Å². The Labute approximate surface area is 109 Å². The Balaban J connectivity index is 3.09. The first-order valence-electron chi connectivity index (χ1n) is 6.14. The highest BCUT2D eigenvalue weighted by molar-refractivity contribution is 6.31. The summed E-state index contributed by atoms with van der Waals surface area (Å²) in [5.74, 6) is 0. The van der Waals surface area contributed by atoms with Crippen molar-refractivity contribution in [2.45, 2.75) is 38.8 Å². The molecule has 2 atom stereocenters. The fourth-order valence-corrected chi connectivity index (χ4v) is 2.46. The molecule has 2 unspecified atom stereocenters. The van der Waals surface area contributed by atoms with Crippen molar-refractivity contribution in [1.82, 2.24) is 5.32 Å². The van der Waals surface area contributed by atoms with Crippen LogP contribution in [0.1, 0.15) is 38.8 Å². The van der Waals surface area contributed by atoms with Gasteiger partial charge in [-0.05, 0) is 38.9 Å². The van der Waals surface area contributed by atoms with Gasteiger partial charge in [0.2, 0.25) is 0 Å². The summed E-state index contributed by atoms with van der Waals surface area (Å²) in [7, 11) is 1.95. The van der Waals surface area contributed by atoms with E-state index >= 15 is 0 Å². The van der Waals surface area contributed by atoms with Crippen LogP contribution in [-0.4, -0.2) is 19.3 Å². The molecule has 0 bridgehead atoms. The van der Waals surface area contributed by atoms with Gasteiger partial charge in [-0.15, -0.1) is 0 Å². The van der Waals surface area contributed by atoms with Gasteiger partial charge < -0.3 is 10.1 Å².